The molecule has 1 atom stereocenters. The van der Waals surface area contributed by atoms with E-state index in [4.69, 9.17) is 6.57 Å². The molecule has 2 aromatic carbocycles. The van der Waals surface area contributed by atoms with Gasteiger partial charge in [-0.1, -0.05) is 63.2 Å². The first-order chi connectivity index (χ1) is 13.8. The topological polar surface area (TPSA) is 79.5 Å². The number of rotatable bonds is 4. The summed E-state index contributed by atoms with van der Waals surface area (Å²) in [6, 6.07) is 15.5. The summed E-state index contributed by atoms with van der Waals surface area (Å²) in [5.74, 6) is -0.599. The number of amides is 1. The lowest BCUT2D eigenvalue weighted by molar-refractivity contribution is -0.124. The summed E-state index contributed by atoms with van der Waals surface area (Å²) in [6.45, 7) is 13.3. The Morgan fingerprint density at radius 3 is 2.31 bits per heavy atom. The third-order valence-electron chi connectivity index (χ3n) is 4.54. The summed E-state index contributed by atoms with van der Waals surface area (Å²) in [5, 5.41) is 13.0. The fourth-order valence-corrected chi connectivity index (χ4v) is 2.86. The van der Waals surface area contributed by atoms with Gasteiger partial charge in [-0.15, -0.1) is 6.57 Å². The zero-order chi connectivity index (χ0) is 21.0. The van der Waals surface area contributed by atoms with Crippen molar-refractivity contribution >= 4 is 17.5 Å². The average molecular weight is 386 g/mol. The molecule has 0 aliphatic heterocycles. The van der Waals surface area contributed by atoms with Crippen LogP contribution in [0.4, 0.5) is 11.6 Å². The fraction of sp³-hybridized carbons (Fsp3) is 0.217. The Morgan fingerprint density at radius 2 is 1.72 bits per heavy atom. The monoisotopic (exact) mass is 386 g/mol. The van der Waals surface area contributed by atoms with Crippen molar-refractivity contribution in [2.75, 3.05) is 5.32 Å². The minimum absolute atomic E-state index is 0.00581. The van der Waals surface area contributed by atoms with Gasteiger partial charge in [-0.3, -0.25) is 4.79 Å². The largest absolute Gasteiger partial charge is 0.394 e. The molecule has 2 N–H and O–H groups in total. The van der Waals surface area contributed by atoms with Gasteiger partial charge in [0.2, 0.25) is 0 Å². The van der Waals surface area contributed by atoms with E-state index in [1.807, 2.05) is 24.3 Å². The van der Waals surface area contributed by atoms with Crippen LogP contribution < -0.4 is 5.32 Å². The lowest BCUT2D eigenvalue weighted by Gasteiger charge is -2.19. The summed E-state index contributed by atoms with van der Waals surface area (Å²) >= 11 is 0. The van der Waals surface area contributed by atoms with E-state index >= 15 is 0 Å². The zero-order valence-corrected chi connectivity index (χ0v) is 16.5. The first-order valence-electron chi connectivity index (χ1n) is 9.17. The molecule has 0 spiro atoms. The van der Waals surface area contributed by atoms with Crippen LogP contribution in [0.3, 0.4) is 0 Å². The van der Waals surface area contributed by atoms with Gasteiger partial charge in [0.05, 0.1) is 0 Å². The number of aromatic nitrogens is 2. The summed E-state index contributed by atoms with van der Waals surface area (Å²) in [4.78, 5) is 23.1. The van der Waals surface area contributed by atoms with Crippen LogP contribution in [0.1, 0.15) is 38.0 Å². The van der Waals surface area contributed by atoms with Gasteiger partial charge < -0.3 is 15.3 Å². The standard InChI is InChI=1S/C23H22N4O2/c1-23(2,3)18-10-8-15(9-11-18)16-6-5-7-17(12-16)20(28)21(29)27-19-13-25-22(24-4)26-14-19/h5-14,20,28H,1-3H3,(H,27,29). The second kappa shape index (κ2) is 8.21. The molecule has 3 rings (SSSR count). The van der Waals surface area contributed by atoms with Crippen LogP contribution in [0.5, 0.6) is 0 Å². The van der Waals surface area contributed by atoms with Crippen LogP contribution in [0.15, 0.2) is 60.9 Å². The van der Waals surface area contributed by atoms with Gasteiger partial charge in [0.15, 0.2) is 6.10 Å². The van der Waals surface area contributed by atoms with Crippen molar-refractivity contribution in [1.29, 1.82) is 0 Å². The Kier molecular flexibility index (Phi) is 5.71. The first kappa shape index (κ1) is 20.2. The van der Waals surface area contributed by atoms with Gasteiger partial charge >= 0.3 is 5.95 Å². The molecule has 0 radical (unpaired) electrons. The highest BCUT2D eigenvalue weighted by Crippen LogP contribution is 2.28. The van der Waals surface area contributed by atoms with Crippen molar-refractivity contribution in [3.05, 3.63) is 83.5 Å². The van der Waals surface area contributed by atoms with E-state index in [2.05, 4.69) is 53.0 Å². The molecule has 1 amide bonds. The van der Waals surface area contributed by atoms with Crippen molar-refractivity contribution in [3.8, 4) is 11.1 Å². The molecule has 0 aliphatic rings. The second-order valence-corrected chi connectivity index (χ2v) is 7.73. The average Bonchev–Trinajstić information content (AvgIpc) is 2.73. The Balaban J connectivity index is 1.77. The van der Waals surface area contributed by atoms with Crippen LogP contribution in [-0.2, 0) is 10.2 Å². The number of hydrogen-bond donors (Lipinski definition) is 2. The molecule has 0 saturated heterocycles. The van der Waals surface area contributed by atoms with Crippen molar-refractivity contribution in [3.63, 3.8) is 0 Å². The molecule has 1 unspecified atom stereocenters. The number of anilines is 1. The number of carbonyl (C=O) groups is 1. The van der Waals surface area contributed by atoms with Gasteiger partial charge in [-0.05, 0) is 33.7 Å². The SMILES string of the molecule is [C-]#[N+]c1ncc(NC(=O)C(O)c2cccc(-c3ccc(C(C)(C)C)cc3)c2)cn1. The number of aliphatic hydroxyl groups excluding tert-OH is 1. The maximum Gasteiger partial charge on any atom is 0.371 e. The predicted molar refractivity (Wildman–Crippen MR) is 112 cm³/mol. The Labute approximate surface area is 170 Å². The molecule has 6 nitrogen and oxygen atoms in total. The molecule has 0 saturated carbocycles. The minimum Gasteiger partial charge on any atom is -0.394 e. The molecule has 146 valence electrons. The zero-order valence-electron chi connectivity index (χ0n) is 16.5. The van der Waals surface area contributed by atoms with Gasteiger partial charge in [-0.2, -0.15) is 9.97 Å². The van der Waals surface area contributed by atoms with E-state index in [0.717, 1.165) is 11.1 Å². The molecule has 0 fully saturated rings. The van der Waals surface area contributed by atoms with Crippen LogP contribution in [0.25, 0.3) is 16.0 Å². The Hall–Kier alpha value is -3.56. The van der Waals surface area contributed by atoms with E-state index in [-0.39, 0.29) is 11.4 Å². The van der Waals surface area contributed by atoms with Crippen molar-refractivity contribution in [1.82, 2.24) is 9.97 Å². The Bertz CT molecular complexity index is 1050. The second-order valence-electron chi connectivity index (χ2n) is 7.73. The highest BCUT2D eigenvalue weighted by Gasteiger charge is 2.19. The van der Waals surface area contributed by atoms with Crippen LogP contribution in [0.2, 0.25) is 0 Å². The molecule has 29 heavy (non-hydrogen) atoms. The van der Waals surface area contributed by atoms with Gasteiger partial charge in [0, 0.05) is 0 Å². The Morgan fingerprint density at radius 1 is 1.07 bits per heavy atom. The molecular weight excluding hydrogens is 364 g/mol. The van der Waals surface area contributed by atoms with E-state index < -0.39 is 12.0 Å². The molecule has 6 heteroatoms. The lowest BCUT2D eigenvalue weighted by atomic mass is 9.86. The van der Waals surface area contributed by atoms with Crippen LogP contribution >= 0.6 is 0 Å². The van der Waals surface area contributed by atoms with E-state index in [0.29, 0.717) is 11.3 Å². The third kappa shape index (κ3) is 4.84. The summed E-state index contributed by atoms with van der Waals surface area (Å²) in [5.41, 5.74) is 4.04. The maximum absolute atomic E-state index is 12.4. The van der Waals surface area contributed by atoms with E-state index in [1.165, 1.54) is 18.0 Å². The van der Waals surface area contributed by atoms with Gasteiger partial charge in [0.1, 0.15) is 18.1 Å². The smallest absolute Gasteiger partial charge is 0.371 e. The summed E-state index contributed by atoms with van der Waals surface area (Å²) in [7, 11) is 0. The van der Waals surface area contributed by atoms with Gasteiger partial charge in [0.25, 0.3) is 5.91 Å². The molecule has 3 aromatic rings. The maximum atomic E-state index is 12.4. The van der Waals surface area contributed by atoms with Crippen molar-refractivity contribution in [2.24, 2.45) is 0 Å². The van der Waals surface area contributed by atoms with E-state index in [1.54, 1.807) is 12.1 Å². The van der Waals surface area contributed by atoms with E-state index in [9.17, 15) is 9.90 Å². The van der Waals surface area contributed by atoms with Crippen molar-refractivity contribution < 1.29 is 9.90 Å². The highest BCUT2D eigenvalue weighted by atomic mass is 16.3. The third-order valence-corrected chi connectivity index (χ3v) is 4.54. The highest BCUT2D eigenvalue weighted by molar-refractivity contribution is 5.94. The normalized spacial score (nSPS) is 12.1. The first-order valence-corrected chi connectivity index (χ1v) is 9.17. The lowest BCUT2D eigenvalue weighted by Crippen LogP contribution is -2.21. The van der Waals surface area contributed by atoms with Crippen LogP contribution in [0, 0.1) is 6.57 Å². The molecule has 0 aliphatic carbocycles. The van der Waals surface area contributed by atoms with Crippen LogP contribution in [-0.4, -0.2) is 21.0 Å². The molecule has 1 aromatic heterocycles. The summed E-state index contributed by atoms with van der Waals surface area (Å²) < 4.78 is 0. The van der Waals surface area contributed by atoms with Gasteiger partial charge in [-0.25, -0.2) is 0 Å². The van der Waals surface area contributed by atoms with Crippen molar-refractivity contribution in [2.45, 2.75) is 32.3 Å². The number of carbonyl (C=O) groups excluding carboxylic acids is 1. The molecular formula is C23H22N4O2. The number of nitrogens with one attached hydrogen (secondary N) is 1. The minimum atomic E-state index is -1.34. The number of hydrogen-bond acceptors (Lipinski definition) is 4. The predicted octanol–water partition coefficient (Wildman–Crippen LogP) is 4.66. The molecule has 1 heterocycles. The number of benzene rings is 2. The summed E-state index contributed by atoms with van der Waals surface area (Å²) in [6.07, 6.45) is 1.32. The quantitative estimate of drug-likeness (QED) is 0.639. The molecule has 0 bridgehead atoms. The number of aliphatic hydroxyl groups is 1. The number of nitrogens with zero attached hydrogens (tertiary/aromatic N) is 3. The fourth-order valence-electron chi connectivity index (χ4n) is 2.86.